The van der Waals surface area contributed by atoms with Crippen LogP contribution in [0.3, 0.4) is 0 Å². The van der Waals surface area contributed by atoms with Crippen LogP contribution in [0.1, 0.15) is 13.8 Å². The quantitative estimate of drug-likeness (QED) is 0.465. The molecule has 0 radical (unpaired) electrons. The second-order valence-corrected chi connectivity index (χ2v) is 3.46. The maximum atomic E-state index is 10.5. The average Bonchev–Trinajstić information content (AvgIpc) is 1.85. The molecule has 0 atom stereocenters. The van der Waals surface area contributed by atoms with Gasteiger partial charge in [-0.1, -0.05) is 6.58 Å². The highest BCUT2D eigenvalue weighted by Gasteiger charge is 1.99. The van der Waals surface area contributed by atoms with Gasteiger partial charge in [-0.25, -0.2) is 0 Å². The Morgan fingerprint density at radius 2 is 2.00 bits per heavy atom. The van der Waals surface area contributed by atoms with Crippen molar-refractivity contribution in [1.29, 1.82) is 0 Å². The fourth-order valence-corrected chi connectivity index (χ4v) is 0.608. The first-order chi connectivity index (χ1) is 4.48. The molecule has 0 aliphatic carbocycles. The highest BCUT2D eigenvalue weighted by molar-refractivity contribution is 7.89. The summed E-state index contributed by atoms with van der Waals surface area (Å²) in [5.74, 6) is 0. The van der Waals surface area contributed by atoms with Crippen molar-refractivity contribution in [2.24, 2.45) is 0 Å². The molecule has 0 heterocycles. The van der Waals surface area contributed by atoms with Crippen LogP contribution < -0.4 is 0 Å². The van der Waals surface area contributed by atoms with Gasteiger partial charge >= 0.3 is 10.1 Å². The monoisotopic (exact) mass is 162 g/mol. The van der Waals surface area contributed by atoms with E-state index in [1.54, 1.807) is 13.8 Å². The molecule has 0 aliphatic rings. The van der Waals surface area contributed by atoms with E-state index in [2.05, 4.69) is 10.8 Å². The highest BCUT2D eigenvalue weighted by atomic mass is 32.2. The third kappa shape index (κ3) is 4.14. The van der Waals surface area contributed by atoms with Gasteiger partial charge in [-0.05, 0) is 19.4 Å². The Balaban J connectivity index is 4.19. The Kier molecular flexibility index (Phi) is 3.15. The van der Waals surface area contributed by atoms with Crippen LogP contribution in [0.25, 0.3) is 0 Å². The fourth-order valence-electron chi connectivity index (χ4n) is 0.203. The Labute approximate surface area is 61.1 Å². The predicted octanol–water partition coefficient (Wildman–Crippen LogP) is 1.40. The minimum Gasteiger partial charge on any atom is -0.387 e. The zero-order chi connectivity index (χ0) is 8.20. The third-order valence-corrected chi connectivity index (χ3v) is 1.39. The van der Waals surface area contributed by atoms with Gasteiger partial charge < -0.3 is 4.18 Å². The van der Waals surface area contributed by atoms with Crippen molar-refractivity contribution in [3.8, 4) is 0 Å². The molecule has 0 saturated heterocycles. The van der Waals surface area contributed by atoms with E-state index >= 15 is 0 Å². The molecule has 4 heteroatoms. The van der Waals surface area contributed by atoms with E-state index in [9.17, 15) is 8.42 Å². The molecule has 3 nitrogen and oxygen atoms in total. The zero-order valence-corrected chi connectivity index (χ0v) is 6.81. The van der Waals surface area contributed by atoms with Gasteiger partial charge in [-0.2, -0.15) is 8.42 Å². The van der Waals surface area contributed by atoms with Gasteiger partial charge in [-0.3, -0.25) is 0 Å². The summed E-state index contributed by atoms with van der Waals surface area (Å²) in [5, 5.41) is 0.756. The SMILES string of the molecule is C=CS(=O)(=O)OC=C(C)C. The Morgan fingerprint density at radius 1 is 1.50 bits per heavy atom. The Bertz CT molecular complexity index is 232. The predicted molar refractivity (Wildman–Crippen MR) is 39.6 cm³/mol. The normalized spacial score (nSPS) is 10.2. The molecule has 0 spiro atoms. The van der Waals surface area contributed by atoms with Gasteiger partial charge in [0.1, 0.15) is 6.26 Å². The van der Waals surface area contributed by atoms with E-state index in [1.807, 2.05) is 0 Å². The van der Waals surface area contributed by atoms with E-state index < -0.39 is 10.1 Å². The number of hydrogen-bond donors (Lipinski definition) is 0. The summed E-state index contributed by atoms with van der Waals surface area (Å²) in [6, 6.07) is 0. The van der Waals surface area contributed by atoms with Gasteiger partial charge in [0.15, 0.2) is 0 Å². The first-order valence-corrected chi connectivity index (χ1v) is 4.14. The molecular formula is C6H10O3S. The Hall–Kier alpha value is -0.770. The largest absolute Gasteiger partial charge is 0.387 e. The van der Waals surface area contributed by atoms with Crippen LogP contribution in [0, 0.1) is 0 Å². The molecule has 10 heavy (non-hydrogen) atoms. The molecule has 0 bridgehead atoms. The average molecular weight is 162 g/mol. The summed E-state index contributed by atoms with van der Waals surface area (Å²) in [4.78, 5) is 0. The van der Waals surface area contributed by atoms with E-state index in [0.29, 0.717) is 0 Å². The van der Waals surface area contributed by atoms with Crippen molar-refractivity contribution >= 4 is 10.1 Å². The lowest BCUT2D eigenvalue weighted by Crippen LogP contribution is -1.94. The summed E-state index contributed by atoms with van der Waals surface area (Å²) in [6.45, 7) is 6.54. The summed E-state index contributed by atoms with van der Waals surface area (Å²) < 4.78 is 25.4. The van der Waals surface area contributed by atoms with Crippen LogP contribution in [-0.2, 0) is 14.3 Å². The summed E-state index contributed by atoms with van der Waals surface area (Å²) in [5.41, 5.74) is 0.783. The second-order valence-electron chi connectivity index (χ2n) is 1.95. The van der Waals surface area contributed by atoms with Gasteiger partial charge in [-0.15, -0.1) is 0 Å². The van der Waals surface area contributed by atoms with Crippen LogP contribution in [0.15, 0.2) is 23.8 Å². The topological polar surface area (TPSA) is 43.4 Å². The molecule has 0 saturated carbocycles. The molecule has 0 aromatic carbocycles. The van der Waals surface area contributed by atoms with Crippen molar-refractivity contribution < 1.29 is 12.6 Å². The zero-order valence-electron chi connectivity index (χ0n) is 5.99. The van der Waals surface area contributed by atoms with Crippen LogP contribution in [0.4, 0.5) is 0 Å². The Morgan fingerprint density at radius 3 is 2.30 bits per heavy atom. The maximum Gasteiger partial charge on any atom is 0.331 e. The minimum atomic E-state index is -3.53. The maximum absolute atomic E-state index is 10.5. The van der Waals surface area contributed by atoms with Crippen LogP contribution >= 0.6 is 0 Å². The smallest absolute Gasteiger partial charge is 0.331 e. The van der Waals surface area contributed by atoms with Crippen LogP contribution in [0.5, 0.6) is 0 Å². The molecule has 0 aromatic heterocycles. The van der Waals surface area contributed by atoms with E-state index in [0.717, 1.165) is 17.2 Å². The first kappa shape index (κ1) is 9.23. The van der Waals surface area contributed by atoms with E-state index in [1.165, 1.54) is 0 Å². The summed E-state index contributed by atoms with van der Waals surface area (Å²) >= 11 is 0. The third-order valence-electron chi connectivity index (χ3n) is 0.622. The minimum absolute atomic E-state index is 0.756. The van der Waals surface area contributed by atoms with Crippen molar-refractivity contribution in [3.63, 3.8) is 0 Å². The number of hydrogen-bond acceptors (Lipinski definition) is 3. The molecule has 0 fully saturated rings. The molecular weight excluding hydrogens is 152 g/mol. The van der Waals surface area contributed by atoms with Crippen molar-refractivity contribution in [2.45, 2.75) is 13.8 Å². The lowest BCUT2D eigenvalue weighted by atomic mass is 10.4. The number of allylic oxidation sites excluding steroid dienone is 1. The molecule has 0 rings (SSSR count). The van der Waals surface area contributed by atoms with Crippen molar-refractivity contribution in [3.05, 3.63) is 23.8 Å². The van der Waals surface area contributed by atoms with Crippen LogP contribution in [-0.4, -0.2) is 8.42 Å². The standard InChI is InChI=1S/C6H10O3S/c1-4-10(7,8)9-5-6(2)3/h4-5H,1H2,2-3H3. The second kappa shape index (κ2) is 3.41. The lowest BCUT2D eigenvalue weighted by Gasteiger charge is -1.95. The van der Waals surface area contributed by atoms with Crippen molar-refractivity contribution in [2.75, 3.05) is 0 Å². The van der Waals surface area contributed by atoms with Gasteiger partial charge in [0.25, 0.3) is 0 Å². The molecule has 0 aromatic rings. The molecule has 0 N–H and O–H groups in total. The molecule has 0 aliphatic heterocycles. The van der Waals surface area contributed by atoms with Crippen LogP contribution in [0.2, 0.25) is 0 Å². The fraction of sp³-hybridized carbons (Fsp3) is 0.333. The first-order valence-electron chi connectivity index (χ1n) is 2.67. The highest BCUT2D eigenvalue weighted by Crippen LogP contribution is 1.97. The summed E-state index contributed by atoms with van der Waals surface area (Å²) in [6.07, 6.45) is 1.16. The lowest BCUT2D eigenvalue weighted by molar-refractivity contribution is 0.450. The van der Waals surface area contributed by atoms with Gasteiger partial charge in [0.2, 0.25) is 0 Å². The van der Waals surface area contributed by atoms with Gasteiger partial charge in [0, 0.05) is 0 Å². The van der Waals surface area contributed by atoms with E-state index in [-0.39, 0.29) is 0 Å². The number of rotatable bonds is 3. The van der Waals surface area contributed by atoms with Gasteiger partial charge in [0.05, 0.1) is 5.41 Å². The summed E-state index contributed by atoms with van der Waals surface area (Å²) in [7, 11) is -3.53. The van der Waals surface area contributed by atoms with Crippen molar-refractivity contribution in [1.82, 2.24) is 0 Å². The molecule has 58 valence electrons. The molecule has 0 unspecified atom stereocenters. The molecule has 0 amide bonds. The van der Waals surface area contributed by atoms with E-state index in [4.69, 9.17) is 0 Å².